The van der Waals surface area contributed by atoms with E-state index in [9.17, 15) is 0 Å². The molecule has 1 aromatic carbocycles. The van der Waals surface area contributed by atoms with Crippen LogP contribution in [0.2, 0.25) is 39.3 Å². The van der Waals surface area contributed by atoms with Gasteiger partial charge >= 0.3 is 0 Å². The van der Waals surface area contributed by atoms with Crippen LogP contribution < -0.4 is 0 Å². The summed E-state index contributed by atoms with van der Waals surface area (Å²) in [6.07, 6.45) is 0. The SMILES string of the molecule is Br.Br.C.Cc1cc(C#C[Si](C)(C)C)c(C)cc1C#C[Si](C)(C)C. The van der Waals surface area contributed by atoms with Gasteiger partial charge in [-0.25, -0.2) is 0 Å². The lowest BCUT2D eigenvalue weighted by Crippen LogP contribution is -2.16. The number of hydrogen-bond donors (Lipinski definition) is 0. The van der Waals surface area contributed by atoms with E-state index in [2.05, 4.69) is 88.2 Å². The predicted octanol–water partition coefficient (Wildman–Crippen LogP) is 6.55. The first kappa shape index (κ1) is 27.6. The summed E-state index contributed by atoms with van der Waals surface area (Å²) in [5.74, 6) is 6.73. The van der Waals surface area contributed by atoms with Crippen molar-refractivity contribution in [3.8, 4) is 22.9 Å². The summed E-state index contributed by atoms with van der Waals surface area (Å²) in [5, 5.41) is 0. The number of halogens is 2. The van der Waals surface area contributed by atoms with Gasteiger partial charge in [-0.1, -0.05) is 58.5 Å². The molecule has 0 atom stereocenters. The fourth-order valence-electron chi connectivity index (χ4n) is 1.60. The molecule has 0 nitrogen and oxygen atoms in total. The Labute approximate surface area is 167 Å². The van der Waals surface area contributed by atoms with Gasteiger partial charge in [0.15, 0.2) is 0 Å². The van der Waals surface area contributed by atoms with Crippen molar-refractivity contribution in [3.63, 3.8) is 0 Å². The molecule has 130 valence electrons. The molecule has 0 saturated carbocycles. The third kappa shape index (κ3) is 11.0. The number of rotatable bonds is 0. The first-order valence-electron chi connectivity index (χ1n) is 7.15. The van der Waals surface area contributed by atoms with Crippen LogP contribution >= 0.6 is 34.0 Å². The van der Waals surface area contributed by atoms with E-state index in [0.29, 0.717) is 0 Å². The zero-order valence-electron chi connectivity index (χ0n) is 15.0. The van der Waals surface area contributed by atoms with Gasteiger partial charge in [0.05, 0.1) is 0 Å². The first-order chi connectivity index (χ1) is 8.98. The lowest BCUT2D eigenvalue weighted by atomic mass is 10.0. The van der Waals surface area contributed by atoms with Gasteiger partial charge < -0.3 is 0 Å². The van der Waals surface area contributed by atoms with Crippen LogP contribution in [0, 0.1) is 36.8 Å². The second-order valence-corrected chi connectivity index (χ2v) is 17.0. The molecular weight excluding hydrogens is 444 g/mol. The van der Waals surface area contributed by atoms with E-state index in [4.69, 9.17) is 0 Å². The van der Waals surface area contributed by atoms with Gasteiger partial charge in [0, 0.05) is 11.1 Å². The molecule has 0 spiro atoms. The molecule has 0 aliphatic carbocycles. The number of aryl methyl sites for hydroxylation is 2. The van der Waals surface area contributed by atoms with Crippen molar-refractivity contribution in [3.05, 3.63) is 34.4 Å². The van der Waals surface area contributed by atoms with Crippen molar-refractivity contribution in [1.82, 2.24) is 0 Å². The minimum atomic E-state index is -1.32. The van der Waals surface area contributed by atoms with E-state index < -0.39 is 16.1 Å². The Morgan fingerprint density at radius 3 is 1.13 bits per heavy atom. The fourth-order valence-corrected chi connectivity index (χ4v) is 2.61. The van der Waals surface area contributed by atoms with Crippen LogP contribution in [0.25, 0.3) is 0 Å². The van der Waals surface area contributed by atoms with Crippen molar-refractivity contribution in [2.45, 2.75) is 60.6 Å². The standard InChI is InChI=1S/C18H26Si2.CH4.2BrH/c1-15-13-18(10-12-20(6,7)8)16(2)14-17(15)9-11-19(3,4)5;;;/h13-14H,1-8H3;1H4;2*1H. The summed E-state index contributed by atoms with van der Waals surface area (Å²) in [4.78, 5) is 0. The van der Waals surface area contributed by atoms with Crippen LogP contribution in [0.4, 0.5) is 0 Å². The smallest absolute Gasteiger partial charge is 0.127 e. The molecule has 0 unspecified atom stereocenters. The molecule has 1 rings (SSSR count). The Morgan fingerprint density at radius 2 is 0.913 bits per heavy atom. The molecule has 0 aliphatic rings. The van der Waals surface area contributed by atoms with E-state index in [1.807, 2.05) is 0 Å². The molecule has 0 aliphatic heterocycles. The Hall–Kier alpha value is -0.266. The van der Waals surface area contributed by atoms with Crippen LogP contribution in [0.1, 0.15) is 29.7 Å². The minimum Gasteiger partial charge on any atom is -0.127 e. The van der Waals surface area contributed by atoms with Gasteiger partial charge in [-0.3, -0.25) is 0 Å². The maximum absolute atomic E-state index is 3.44. The van der Waals surface area contributed by atoms with Crippen molar-refractivity contribution in [1.29, 1.82) is 0 Å². The highest BCUT2D eigenvalue weighted by Gasteiger charge is 2.09. The van der Waals surface area contributed by atoms with Crippen molar-refractivity contribution >= 4 is 50.1 Å². The summed E-state index contributed by atoms with van der Waals surface area (Å²) in [6, 6.07) is 4.38. The van der Waals surface area contributed by atoms with Crippen molar-refractivity contribution < 1.29 is 0 Å². The van der Waals surface area contributed by atoms with E-state index in [1.165, 1.54) is 11.1 Å². The quantitative estimate of drug-likeness (QED) is 0.294. The summed E-state index contributed by atoms with van der Waals surface area (Å²) in [5.41, 5.74) is 11.7. The maximum atomic E-state index is 3.44. The van der Waals surface area contributed by atoms with Crippen molar-refractivity contribution in [2.75, 3.05) is 0 Å². The monoisotopic (exact) mass is 474 g/mol. The normalized spacial score (nSPS) is 9.74. The van der Waals surface area contributed by atoms with E-state index >= 15 is 0 Å². The van der Waals surface area contributed by atoms with Gasteiger partial charge in [-0.05, 0) is 37.1 Å². The Bertz CT molecular complexity index is 570. The molecule has 1 aromatic rings. The second kappa shape index (κ2) is 10.6. The zero-order chi connectivity index (χ0) is 15.6. The van der Waals surface area contributed by atoms with Crippen LogP contribution in [0.5, 0.6) is 0 Å². The van der Waals surface area contributed by atoms with Crippen LogP contribution in [-0.4, -0.2) is 16.1 Å². The van der Waals surface area contributed by atoms with Gasteiger partial charge in [-0.2, -0.15) is 0 Å². The molecule has 0 fully saturated rings. The van der Waals surface area contributed by atoms with Gasteiger partial charge in [0.25, 0.3) is 0 Å². The summed E-state index contributed by atoms with van der Waals surface area (Å²) in [7, 11) is -2.63. The van der Waals surface area contributed by atoms with Crippen LogP contribution in [0.15, 0.2) is 12.1 Å². The molecule has 0 bridgehead atoms. The number of hydrogen-bond acceptors (Lipinski definition) is 0. The Morgan fingerprint density at radius 1 is 0.652 bits per heavy atom. The topological polar surface area (TPSA) is 0 Å². The summed E-state index contributed by atoms with van der Waals surface area (Å²) < 4.78 is 0. The number of benzene rings is 1. The third-order valence-corrected chi connectivity index (χ3v) is 4.47. The van der Waals surface area contributed by atoms with Crippen LogP contribution in [0.3, 0.4) is 0 Å². The Kier molecular flexibility index (Phi) is 12.7. The lowest BCUT2D eigenvalue weighted by molar-refractivity contribution is 1.35. The fraction of sp³-hybridized carbons (Fsp3) is 0.474. The molecule has 0 amide bonds. The Balaban J connectivity index is -0.00000133. The van der Waals surface area contributed by atoms with E-state index in [1.54, 1.807) is 0 Å². The van der Waals surface area contributed by atoms with Gasteiger partial charge in [-0.15, -0.1) is 45.1 Å². The highest BCUT2D eigenvalue weighted by molar-refractivity contribution is 8.93. The molecule has 4 heteroatoms. The van der Waals surface area contributed by atoms with Gasteiger partial charge in [0.1, 0.15) is 16.1 Å². The van der Waals surface area contributed by atoms with Crippen molar-refractivity contribution in [2.24, 2.45) is 0 Å². The van der Waals surface area contributed by atoms with Gasteiger partial charge in [0.2, 0.25) is 0 Å². The third-order valence-electron chi connectivity index (χ3n) is 2.72. The molecule has 0 N–H and O–H groups in total. The second-order valence-electron chi connectivity index (χ2n) is 7.48. The maximum Gasteiger partial charge on any atom is 0.129 e. The summed E-state index contributed by atoms with van der Waals surface area (Å²) in [6.45, 7) is 17.9. The molecule has 0 radical (unpaired) electrons. The molecule has 0 heterocycles. The zero-order valence-corrected chi connectivity index (χ0v) is 20.4. The van der Waals surface area contributed by atoms with E-state index in [-0.39, 0.29) is 41.4 Å². The average Bonchev–Trinajstić information content (AvgIpc) is 2.25. The lowest BCUT2D eigenvalue weighted by Gasteiger charge is -2.08. The summed E-state index contributed by atoms with van der Waals surface area (Å²) >= 11 is 0. The average molecular weight is 476 g/mol. The largest absolute Gasteiger partial charge is 0.129 e. The van der Waals surface area contributed by atoms with E-state index in [0.717, 1.165) is 11.1 Å². The van der Waals surface area contributed by atoms with Crippen LogP contribution in [-0.2, 0) is 0 Å². The molecule has 0 aromatic heterocycles. The molecule has 0 saturated heterocycles. The minimum absolute atomic E-state index is 0. The predicted molar refractivity (Wildman–Crippen MR) is 124 cm³/mol. The molecular formula is C19H32Br2Si2. The highest BCUT2D eigenvalue weighted by atomic mass is 79.9. The highest BCUT2D eigenvalue weighted by Crippen LogP contribution is 2.15. The molecule has 23 heavy (non-hydrogen) atoms. The first-order valence-corrected chi connectivity index (χ1v) is 14.2.